The van der Waals surface area contributed by atoms with E-state index >= 15 is 0 Å². The lowest BCUT2D eigenvalue weighted by Gasteiger charge is -2.35. The maximum absolute atomic E-state index is 14.0. The lowest BCUT2D eigenvalue weighted by molar-refractivity contribution is -0.130. The van der Waals surface area contributed by atoms with Crippen molar-refractivity contribution < 1.29 is 13.7 Å². The van der Waals surface area contributed by atoms with Crippen molar-refractivity contribution >= 4 is 5.91 Å². The lowest BCUT2D eigenvalue weighted by Crippen LogP contribution is -2.48. The number of likely N-dealkylation sites (N-methyl/N-ethyl adjacent to an activating group) is 1. The van der Waals surface area contributed by atoms with Crippen LogP contribution in [0.25, 0.3) is 11.4 Å². The van der Waals surface area contributed by atoms with Crippen LogP contribution in [0.1, 0.15) is 30.7 Å². The van der Waals surface area contributed by atoms with Crippen molar-refractivity contribution in [1.29, 1.82) is 0 Å². The third-order valence-electron chi connectivity index (χ3n) is 4.07. The quantitative estimate of drug-likeness (QED) is 0.941. The molecule has 0 atom stereocenters. The highest BCUT2D eigenvalue weighted by Gasteiger charge is 2.50. The van der Waals surface area contributed by atoms with Gasteiger partial charge in [-0.05, 0) is 37.5 Å². The molecule has 0 radical (unpaired) electrons. The van der Waals surface area contributed by atoms with Crippen LogP contribution in [-0.4, -0.2) is 23.1 Å². The fraction of sp³-hybridized carbons (Fsp3) is 0.400. The fourth-order valence-electron chi connectivity index (χ4n) is 2.64. The molecule has 5 nitrogen and oxygen atoms in total. The molecule has 21 heavy (non-hydrogen) atoms. The van der Waals surface area contributed by atoms with Crippen molar-refractivity contribution in [3.8, 4) is 11.4 Å². The number of carbonyl (C=O) groups excluding carboxylic acids is 1. The van der Waals surface area contributed by atoms with Gasteiger partial charge in [0.25, 0.3) is 0 Å². The van der Waals surface area contributed by atoms with Gasteiger partial charge < -0.3 is 9.84 Å². The van der Waals surface area contributed by atoms with E-state index in [2.05, 4.69) is 15.5 Å². The van der Waals surface area contributed by atoms with Crippen molar-refractivity contribution in [3.63, 3.8) is 0 Å². The van der Waals surface area contributed by atoms with Crippen LogP contribution in [0.2, 0.25) is 0 Å². The molecule has 1 aromatic carbocycles. The van der Waals surface area contributed by atoms with Crippen molar-refractivity contribution in [2.75, 3.05) is 7.05 Å². The smallest absolute Gasteiger partial charge is 0.242 e. The third-order valence-corrected chi connectivity index (χ3v) is 4.07. The minimum atomic E-state index is -0.749. The summed E-state index contributed by atoms with van der Waals surface area (Å²) < 4.78 is 19.2. The molecule has 2 aromatic rings. The fourth-order valence-corrected chi connectivity index (χ4v) is 2.64. The number of aryl methyl sites for hydroxylation is 1. The second-order valence-electron chi connectivity index (χ2n) is 5.42. The maximum Gasteiger partial charge on any atom is 0.242 e. The van der Waals surface area contributed by atoms with Crippen LogP contribution in [0.4, 0.5) is 4.39 Å². The maximum atomic E-state index is 14.0. The molecule has 1 aromatic heterocycles. The molecule has 1 heterocycles. The number of amides is 1. The van der Waals surface area contributed by atoms with Crippen LogP contribution >= 0.6 is 0 Å². The molecule has 0 bridgehead atoms. The van der Waals surface area contributed by atoms with E-state index in [0.717, 1.165) is 12.0 Å². The summed E-state index contributed by atoms with van der Waals surface area (Å²) in [4.78, 5) is 16.3. The Morgan fingerprint density at radius 3 is 2.76 bits per heavy atom. The predicted octanol–water partition coefficient (Wildman–Crippen LogP) is 2.35. The number of hydrogen-bond donors (Lipinski definition) is 1. The molecular weight excluding hydrogens is 273 g/mol. The molecule has 1 aliphatic carbocycles. The number of benzene rings is 1. The Kier molecular flexibility index (Phi) is 3.23. The van der Waals surface area contributed by atoms with Crippen LogP contribution in [0.15, 0.2) is 22.7 Å². The van der Waals surface area contributed by atoms with Gasteiger partial charge in [0.15, 0.2) is 0 Å². The highest BCUT2D eigenvalue weighted by Crippen LogP contribution is 2.43. The van der Waals surface area contributed by atoms with E-state index in [-0.39, 0.29) is 23.2 Å². The van der Waals surface area contributed by atoms with E-state index in [0.29, 0.717) is 12.8 Å². The van der Waals surface area contributed by atoms with Crippen LogP contribution in [0.3, 0.4) is 0 Å². The van der Waals surface area contributed by atoms with E-state index in [1.54, 1.807) is 19.2 Å². The van der Waals surface area contributed by atoms with E-state index in [1.165, 1.54) is 6.07 Å². The average Bonchev–Trinajstić information content (AvgIpc) is 2.86. The third kappa shape index (κ3) is 2.11. The monoisotopic (exact) mass is 289 g/mol. The molecule has 1 saturated carbocycles. The van der Waals surface area contributed by atoms with Crippen LogP contribution in [0, 0.1) is 12.7 Å². The number of halogens is 1. The summed E-state index contributed by atoms with van der Waals surface area (Å²) in [7, 11) is 1.58. The molecular formula is C15H16FN3O2. The Hall–Kier alpha value is -2.24. The van der Waals surface area contributed by atoms with Gasteiger partial charge in [-0.15, -0.1) is 0 Å². The summed E-state index contributed by atoms with van der Waals surface area (Å²) >= 11 is 0. The molecule has 6 heteroatoms. The highest BCUT2D eigenvalue weighted by atomic mass is 19.1. The number of nitrogens with zero attached hydrogens (tertiary/aromatic N) is 2. The summed E-state index contributed by atoms with van der Waals surface area (Å²) in [5.41, 5.74) is 0.351. The van der Waals surface area contributed by atoms with E-state index in [9.17, 15) is 9.18 Å². The van der Waals surface area contributed by atoms with Gasteiger partial charge in [-0.3, -0.25) is 4.79 Å². The van der Waals surface area contributed by atoms with Gasteiger partial charge in [0, 0.05) is 7.05 Å². The molecule has 1 N–H and O–H groups in total. The normalized spacial score (nSPS) is 16.3. The molecule has 3 rings (SSSR count). The van der Waals surface area contributed by atoms with Gasteiger partial charge in [0.1, 0.15) is 11.2 Å². The SMILES string of the molecule is CNC(=O)C1(c2nc(-c3ccc(C)cc3F)no2)CCC1. The Bertz CT molecular complexity index is 692. The first-order valence-electron chi connectivity index (χ1n) is 6.90. The van der Waals surface area contributed by atoms with Crippen LogP contribution < -0.4 is 5.32 Å². The summed E-state index contributed by atoms with van der Waals surface area (Å²) in [6.45, 7) is 1.81. The number of rotatable bonds is 3. The van der Waals surface area contributed by atoms with Crippen molar-refractivity contribution in [2.45, 2.75) is 31.6 Å². The molecule has 0 saturated heterocycles. The van der Waals surface area contributed by atoms with E-state index in [1.807, 2.05) is 6.92 Å². The topological polar surface area (TPSA) is 68.0 Å². The minimum Gasteiger partial charge on any atom is -0.358 e. The molecule has 0 aliphatic heterocycles. The van der Waals surface area contributed by atoms with Crippen molar-refractivity contribution in [3.05, 3.63) is 35.5 Å². The molecule has 1 amide bonds. The van der Waals surface area contributed by atoms with E-state index < -0.39 is 11.2 Å². The largest absolute Gasteiger partial charge is 0.358 e. The van der Waals surface area contributed by atoms with Crippen LogP contribution in [-0.2, 0) is 10.2 Å². The predicted molar refractivity (Wildman–Crippen MR) is 74.0 cm³/mol. The highest BCUT2D eigenvalue weighted by molar-refractivity contribution is 5.87. The molecule has 0 unspecified atom stereocenters. The summed E-state index contributed by atoms with van der Waals surface area (Å²) in [5, 5.41) is 6.47. The van der Waals surface area contributed by atoms with Gasteiger partial charge in [-0.1, -0.05) is 17.6 Å². The summed E-state index contributed by atoms with van der Waals surface area (Å²) in [6.07, 6.45) is 2.28. The Balaban J connectivity index is 1.98. The van der Waals surface area contributed by atoms with Crippen molar-refractivity contribution in [2.24, 2.45) is 0 Å². The number of nitrogens with one attached hydrogen (secondary N) is 1. The first-order chi connectivity index (χ1) is 10.1. The molecule has 1 fully saturated rings. The standard InChI is InChI=1S/C15H16FN3O2/c1-9-4-5-10(11(16)8-9)12-18-14(21-19-12)15(6-3-7-15)13(20)17-2/h4-5,8H,3,6-7H2,1-2H3,(H,17,20). The summed E-state index contributed by atoms with van der Waals surface area (Å²) in [5.74, 6) is -0.0842. The van der Waals surface area contributed by atoms with Gasteiger partial charge in [-0.2, -0.15) is 4.98 Å². The van der Waals surface area contributed by atoms with Crippen LogP contribution in [0.5, 0.6) is 0 Å². The average molecular weight is 289 g/mol. The van der Waals surface area contributed by atoms with Gasteiger partial charge in [0.05, 0.1) is 5.56 Å². The zero-order valence-corrected chi connectivity index (χ0v) is 11.9. The van der Waals surface area contributed by atoms with Crippen molar-refractivity contribution in [1.82, 2.24) is 15.5 Å². The lowest BCUT2D eigenvalue weighted by atomic mass is 9.68. The number of hydrogen-bond acceptors (Lipinski definition) is 4. The second kappa shape index (κ2) is 4.95. The minimum absolute atomic E-state index is 0.131. The molecule has 110 valence electrons. The number of aromatic nitrogens is 2. The van der Waals surface area contributed by atoms with Gasteiger partial charge in [-0.25, -0.2) is 4.39 Å². The Morgan fingerprint density at radius 2 is 2.19 bits per heavy atom. The molecule has 1 aliphatic rings. The Morgan fingerprint density at radius 1 is 1.43 bits per heavy atom. The zero-order chi connectivity index (χ0) is 15.0. The first-order valence-corrected chi connectivity index (χ1v) is 6.90. The van der Waals surface area contributed by atoms with E-state index in [4.69, 9.17) is 4.52 Å². The van der Waals surface area contributed by atoms with Gasteiger partial charge >= 0.3 is 0 Å². The van der Waals surface area contributed by atoms with Gasteiger partial charge in [0.2, 0.25) is 17.6 Å². The Labute approximate surface area is 121 Å². The first kappa shape index (κ1) is 13.7. The number of carbonyl (C=O) groups is 1. The zero-order valence-electron chi connectivity index (χ0n) is 11.9. The molecule has 0 spiro atoms. The summed E-state index contributed by atoms with van der Waals surface area (Å²) in [6, 6.07) is 4.82. The second-order valence-corrected chi connectivity index (χ2v) is 5.42.